The maximum Gasteiger partial charge on any atom is 0.243 e. The Kier molecular flexibility index (Phi) is 4.26. The molecule has 0 bridgehead atoms. The second-order valence-corrected chi connectivity index (χ2v) is 7.18. The first-order chi connectivity index (χ1) is 10.5. The highest BCUT2D eigenvalue weighted by Crippen LogP contribution is 2.39. The normalized spacial score (nSPS) is 26.4. The second-order valence-electron chi connectivity index (χ2n) is 7.18. The fourth-order valence-electron chi connectivity index (χ4n) is 4.19. The Balaban J connectivity index is 1.86. The van der Waals surface area contributed by atoms with Gasteiger partial charge in [-0.05, 0) is 64.1 Å². The summed E-state index contributed by atoms with van der Waals surface area (Å²) < 4.78 is 0. The van der Waals surface area contributed by atoms with Crippen LogP contribution in [0.1, 0.15) is 50.7 Å². The number of hydrogen-bond acceptors (Lipinski definition) is 2. The maximum absolute atomic E-state index is 13.2. The van der Waals surface area contributed by atoms with Gasteiger partial charge < -0.3 is 4.90 Å². The second kappa shape index (κ2) is 6.04. The van der Waals surface area contributed by atoms with E-state index in [4.69, 9.17) is 0 Å². The van der Waals surface area contributed by atoms with Gasteiger partial charge in [0.05, 0.1) is 0 Å². The summed E-state index contributed by atoms with van der Waals surface area (Å²) in [6, 6.07) is 8.88. The number of likely N-dealkylation sites (tertiary alicyclic amines) is 2. The van der Waals surface area contributed by atoms with Gasteiger partial charge in [-0.25, -0.2) is 0 Å². The van der Waals surface area contributed by atoms with Crippen molar-refractivity contribution in [2.45, 2.75) is 64.6 Å². The molecule has 0 aliphatic carbocycles. The van der Waals surface area contributed by atoms with Crippen molar-refractivity contribution in [3.05, 3.63) is 35.4 Å². The van der Waals surface area contributed by atoms with E-state index in [1.54, 1.807) is 0 Å². The van der Waals surface area contributed by atoms with Crippen LogP contribution >= 0.6 is 0 Å². The lowest BCUT2D eigenvalue weighted by molar-refractivity contribution is -0.149. The van der Waals surface area contributed by atoms with E-state index in [9.17, 15) is 4.79 Å². The monoisotopic (exact) mass is 300 g/mol. The van der Waals surface area contributed by atoms with Crippen LogP contribution in [0.3, 0.4) is 0 Å². The molecule has 2 aliphatic heterocycles. The lowest BCUT2D eigenvalue weighted by Gasteiger charge is -2.46. The van der Waals surface area contributed by atoms with Gasteiger partial charge in [0.15, 0.2) is 0 Å². The van der Waals surface area contributed by atoms with E-state index in [0.29, 0.717) is 11.9 Å². The first-order valence-corrected chi connectivity index (χ1v) is 8.65. The molecule has 0 saturated carbocycles. The minimum Gasteiger partial charge on any atom is -0.339 e. The third-order valence-electron chi connectivity index (χ3n) is 5.52. The van der Waals surface area contributed by atoms with Gasteiger partial charge in [-0.1, -0.05) is 24.3 Å². The van der Waals surface area contributed by atoms with Gasteiger partial charge in [0.2, 0.25) is 5.91 Å². The van der Waals surface area contributed by atoms with Crippen molar-refractivity contribution in [3.8, 4) is 0 Å². The molecule has 3 nitrogen and oxygen atoms in total. The molecule has 3 rings (SSSR count). The molecule has 1 unspecified atom stereocenters. The van der Waals surface area contributed by atoms with Gasteiger partial charge >= 0.3 is 0 Å². The van der Waals surface area contributed by atoms with Crippen LogP contribution in [0.25, 0.3) is 0 Å². The number of amides is 1. The number of nitrogens with zero attached hydrogens (tertiary/aromatic N) is 2. The van der Waals surface area contributed by atoms with E-state index in [1.165, 1.54) is 11.1 Å². The van der Waals surface area contributed by atoms with Crippen LogP contribution in [0.5, 0.6) is 0 Å². The summed E-state index contributed by atoms with van der Waals surface area (Å²) >= 11 is 0. The highest BCUT2D eigenvalue weighted by atomic mass is 16.2. The zero-order valence-corrected chi connectivity index (χ0v) is 14.1. The molecule has 1 aromatic carbocycles. The Morgan fingerprint density at radius 1 is 1.14 bits per heavy atom. The zero-order valence-electron chi connectivity index (χ0n) is 14.1. The van der Waals surface area contributed by atoms with E-state index >= 15 is 0 Å². The molecule has 0 N–H and O–H groups in total. The van der Waals surface area contributed by atoms with Gasteiger partial charge in [0.25, 0.3) is 0 Å². The van der Waals surface area contributed by atoms with Gasteiger partial charge in [0, 0.05) is 19.1 Å². The van der Waals surface area contributed by atoms with Crippen LogP contribution in [-0.2, 0) is 11.3 Å². The Morgan fingerprint density at radius 3 is 2.50 bits per heavy atom. The van der Waals surface area contributed by atoms with Crippen molar-refractivity contribution < 1.29 is 4.79 Å². The van der Waals surface area contributed by atoms with Crippen LogP contribution in [0.4, 0.5) is 0 Å². The summed E-state index contributed by atoms with van der Waals surface area (Å²) in [4.78, 5) is 17.7. The van der Waals surface area contributed by atoms with Crippen molar-refractivity contribution in [2.75, 3.05) is 13.1 Å². The van der Waals surface area contributed by atoms with E-state index < -0.39 is 0 Å². The Morgan fingerprint density at radius 2 is 1.82 bits per heavy atom. The molecular weight excluding hydrogens is 272 g/mol. The molecule has 1 amide bonds. The SMILES string of the molecule is Cc1ccccc1CN1CCCC12CCCN(C(C)C)C2=O. The molecule has 3 heteroatoms. The molecule has 2 saturated heterocycles. The number of carbonyl (C=O) groups is 1. The molecule has 0 aromatic heterocycles. The summed E-state index contributed by atoms with van der Waals surface area (Å²) in [5.41, 5.74) is 2.46. The van der Waals surface area contributed by atoms with E-state index in [0.717, 1.165) is 45.3 Å². The number of benzene rings is 1. The fourth-order valence-corrected chi connectivity index (χ4v) is 4.19. The van der Waals surface area contributed by atoms with Crippen molar-refractivity contribution in [1.82, 2.24) is 9.80 Å². The van der Waals surface area contributed by atoms with Gasteiger partial charge in [-0.3, -0.25) is 9.69 Å². The van der Waals surface area contributed by atoms with Crippen molar-refractivity contribution in [1.29, 1.82) is 0 Å². The summed E-state index contributed by atoms with van der Waals surface area (Å²) in [6.45, 7) is 9.32. The molecule has 1 atom stereocenters. The van der Waals surface area contributed by atoms with Crippen molar-refractivity contribution in [2.24, 2.45) is 0 Å². The third-order valence-corrected chi connectivity index (χ3v) is 5.52. The molecule has 1 spiro atoms. The largest absolute Gasteiger partial charge is 0.339 e. The Labute approximate surface area is 134 Å². The van der Waals surface area contributed by atoms with Crippen LogP contribution in [0.15, 0.2) is 24.3 Å². The number of aryl methyl sites for hydroxylation is 1. The van der Waals surface area contributed by atoms with Crippen LogP contribution in [-0.4, -0.2) is 40.4 Å². The average molecular weight is 300 g/mol. The summed E-state index contributed by atoms with van der Waals surface area (Å²) in [6.07, 6.45) is 4.33. The Hall–Kier alpha value is -1.35. The van der Waals surface area contributed by atoms with Crippen LogP contribution in [0.2, 0.25) is 0 Å². The molecular formula is C19H28N2O. The van der Waals surface area contributed by atoms with E-state index in [1.807, 2.05) is 0 Å². The summed E-state index contributed by atoms with van der Waals surface area (Å²) in [5.74, 6) is 0.375. The predicted octanol–water partition coefficient (Wildman–Crippen LogP) is 3.36. The minimum absolute atomic E-state index is 0.231. The van der Waals surface area contributed by atoms with Crippen LogP contribution in [0, 0.1) is 6.92 Å². The molecule has 0 radical (unpaired) electrons. The highest BCUT2D eigenvalue weighted by Gasteiger charge is 2.51. The molecule has 22 heavy (non-hydrogen) atoms. The quantitative estimate of drug-likeness (QED) is 0.854. The summed E-state index contributed by atoms with van der Waals surface area (Å²) in [5, 5.41) is 0. The smallest absolute Gasteiger partial charge is 0.243 e. The third kappa shape index (κ3) is 2.56. The Bertz CT molecular complexity index is 554. The zero-order chi connectivity index (χ0) is 15.7. The van der Waals surface area contributed by atoms with Gasteiger partial charge in [0.1, 0.15) is 5.54 Å². The van der Waals surface area contributed by atoms with Gasteiger partial charge in [-0.15, -0.1) is 0 Å². The highest BCUT2D eigenvalue weighted by molar-refractivity contribution is 5.87. The molecule has 120 valence electrons. The molecule has 2 fully saturated rings. The molecule has 1 aromatic rings. The number of hydrogen-bond donors (Lipinski definition) is 0. The lowest BCUT2D eigenvalue weighted by atomic mass is 9.84. The lowest BCUT2D eigenvalue weighted by Crippen LogP contribution is -2.61. The predicted molar refractivity (Wildman–Crippen MR) is 89.6 cm³/mol. The van der Waals surface area contributed by atoms with E-state index in [2.05, 4.69) is 54.8 Å². The van der Waals surface area contributed by atoms with E-state index in [-0.39, 0.29) is 5.54 Å². The van der Waals surface area contributed by atoms with Crippen LogP contribution < -0.4 is 0 Å². The minimum atomic E-state index is -0.231. The van der Waals surface area contributed by atoms with Crippen molar-refractivity contribution in [3.63, 3.8) is 0 Å². The molecule has 2 heterocycles. The fraction of sp³-hybridized carbons (Fsp3) is 0.632. The number of carbonyl (C=O) groups excluding carboxylic acids is 1. The van der Waals surface area contributed by atoms with Crippen molar-refractivity contribution >= 4 is 5.91 Å². The number of rotatable bonds is 3. The summed E-state index contributed by atoms with van der Waals surface area (Å²) in [7, 11) is 0. The topological polar surface area (TPSA) is 23.6 Å². The standard InChI is InChI=1S/C19H28N2O/c1-15(2)21-13-7-11-19(18(21)22)10-6-12-20(19)14-17-9-5-4-8-16(17)3/h4-5,8-9,15H,6-7,10-14H2,1-3H3. The van der Waals surface area contributed by atoms with Gasteiger partial charge in [-0.2, -0.15) is 0 Å². The first-order valence-electron chi connectivity index (χ1n) is 8.65. The maximum atomic E-state index is 13.2. The average Bonchev–Trinajstić information content (AvgIpc) is 2.88. The number of piperidine rings is 1. The first kappa shape index (κ1) is 15.5. The molecule has 2 aliphatic rings.